The van der Waals surface area contributed by atoms with Gasteiger partial charge in [0.1, 0.15) is 0 Å². The summed E-state index contributed by atoms with van der Waals surface area (Å²) in [6.45, 7) is 4.25. The predicted molar refractivity (Wildman–Crippen MR) is 75.0 cm³/mol. The molecule has 4 nitrogen and oxygen atoms in total. The fourth-order valence-corrected chi connectivity index (χ4v) is 2.69. The molecule has 2 rings (SSSR count). The minimum atomic E-state index is -0.0919. The fourth-order valence-electron chi connectivity index (χ4n) is 2.69. The molecule has 0 fully saturated rings. The molecule has 2 amide bonds. The van der Waals surface area contributed by atoms with Gasteiger partial charge in [0.2, 0.25) is 0 Å². The fraction of sp³-hybridized carbons (Fsp3) is 0.533. The second-order valence-corrected chi connectivity index (χ2v) is 5.27. The number of rotatable bonds is 4. The molecule has 0 saturated heterocycles. The zero-order valence-electron chi connectivity index (χ0n) is 11.6. The molecule has 0 spiro atoms. The topological polar surface area (TPSA) is 52.6 Å². The number of hydrogen-bond acceptors (Lipinski definition) is 2. The van der Waals surface area contributed by atoms with Gasteiger partial charge in [-0.25, -0.2) is 4.79 Å². The van der Waals surface area contributed by atoms with Gasteiger partial charge in [0.15, 0.2) is 0 Å². The van der Waals surface area contributed by atoms with E-state index in [0.717, 1.165) is 12.8 Å². The number of aliphatic hydroxyl groups excluding tert-OH is 1. The van der Waals surface area contributed by atoms with Crippen LogP contribution in [-0.4, -0.2) is 35.2 Å². The van der Waals surface area contributed by atoms with Crippen molar-refractivity contribution in [3.63, 3.8) is 0 Å². The summed E-state index contributed by atoms with van der Waals surface area (Å²) in [5.41, 5.74) is 2.53. The quantitative estimate of drug-likeness (QED) is 0.873. The number of amides is 2. The maximum absolute atomic E-state index is 12.2. The van der Waals surface area contributed by atoms with E-state index in [2.05, 4.69) is 17.4 Å². The van der Waals surface area contributed by atoms with Gasteiger partial charge in [0, 0.05) is 12.6 Å². The van der Waals surface area contributed by atoms with Crippen LogP contribution in [0.2, 0.25) is 0 Å². The lowest BCUT2D eigenvalue weighted by Crippen LogP contribution is -2.45. The van der Waals surface area contributed by atoms with E-state index in [1.165, 1.54) is 11.1 Å². The minimum absolute atomic E-state index is 0.00974. The molecule has 1 aliphatic carbocycles. The molecule has 0 bridgehead atoms. The Morgan fingerprint density at radius 1 is 1.47 bits per heavy atom. The molecular formula is C15H22N2O2. The molecule has 0 aromatic heterocycles. The first-order valence-corrected chi connectivity index (χ1v) is 6.89. The highest BCUT2D eigenvalue weighted by atomic mass is 16.3. The Bertz CT molecular complexity index is 446. The molecule has 19 heavy (non-hydrogen) atoms. The molecule has 1 aromatic carbocycles. The monoisotopic (exact) mass is 262 g/mol. The summed E-state index contributed by atoms with van der Waals surface area (Å²) in [5.74, 6) is 0. The summed E-state index contributed by atoms with van der Waals surface area (Å²) in [6, 6.07) is 8.34. The first-order chi connectivity index (χ1) is 9.13. The van der Waals surface area contributed by atoms with Gasteiger partial charge >= 0.3 is 6.03 Å². The van der Waals surface area contributed by atoms with Crippen LogP contribution in [0.1, 0.15) is 37.4 Å². The zero-order chi connectivity index (χ0) is 13.8. The molecule has 4 heteroatoms. The Balaban J connectivity index is 2.19. The number of carbonyl (C=O) groups excluding carboxylic acids is 1. The van der Waals surface area contributed by atoms with Crippen LogP contribution < -0.4 is 5.32 Å². The average molecular weight is 262 g/mol. The Hall–Kier alpha value is -1.55. The van der Waals surface area contributed by atoms with Crippen LogP contribution in [-0.2, 0) is 6.42 Å². The summed E-state index contributed by atoms with van der Waals surface area (Å²) in [7, 11) is 0. The Labute approximate surface area is 114 Å². The van der Waals surface area contributed by atoms with Crippen LogP contribution in [0.5, 0.6) is 0 Å². The van der Waals surface area contributed by atoms with Gasteiger partial charge in [-0.1, -0.05) is 24.3 Å². The number of benzene rings is 1. The SMILES string of the molecule is CC(C)NC(=O)N(CCO)C1CCc2ccccc21. The smallest absolute Gasteiger partial charge is 0.318 e. The van der Waals surface area contributed by atoms with Crippen molar-refractivity contribution in [2.75, 3.05) is 13.2 Å². The zero-order valence-corrected chi connectivity index (χ0v) is 11.6. The van der Waals surface area contributed by atoms with Crippen molar-refractivity contribution in [2.45, 2.75) is 38.8 Å². The first kappa shape index (κ1) is 13.9. The summed E-state index contributed by atoms with van der Waals surface area (Å²) in [4.78, 5) is 14.0. The Kier molecular flexibility index (Phi) is 4.43. The Morgan fingerprint density at radius 3 is 2.89 bits per heavy atom. The molecule has 0 aliphatic heterocycles. The molecule has 0 heterocycles. The molecule has 2 N–H and O–H groups in total. The summed E-state index contributed by atoms with van der Waals surface area (Å²) in [5, 5.41) is 12.1. The van der Waals surface area contributed by atoms with Gasteiger partial charge in [-0.3, -0.25) is 0 Å². The normalized spacial score (nSPS) is 17.4. The number of carbonyl (C=O) groups is 1. The third-order valence-electron chi connectivity index (χ3n) is 3.49. The van der Waals surface area contributed by atoms with Crippen molar-refractivity contribution in [1.82, 2.24) is 10.2 Å². The average Bonchev–Trinajstić information content (AvgIpc) is 2.78. The van der Waals surface area contributed by atoms with Gasteiger partial charge in [0.25, 0.3) is 0 Å². The van der Waals surface area contributed by atoms with Crippen LogP contribution in [0.25, 0.3) is 0 Å². The molecule has 0 radical (unpaired) electrons. The van der Waals surface area contributed by atoms with Crippen molar-refractivity contribution in [1.29, 1.82) is 0 Å². The molecule has 104 valence electrons. The van der Waals surface area contributed by atoms with Crippen LogP contribution in [0.3, 0.4) is 0 Å². The maximum Gasteiger partial charge on any atom is 0.318 e. The molecule has 1 aromatic rings. The van der Waals surface area contributed by atoms with Crippen LogP contribution in [0.15, 0.2) is 24.3 Å². The minimum Gasteiger partial charge on any atom is -0.395 e. The van der Waals surface area contributed by atoms with Gasteiger partial charge in [-0.05, 0) is 37.8 Å². The summed E-state index contributed by atoms with van der Waals surface area (Å²) >= 11 is 0. The van der Waals surface area contributed by atoms with E-state index in [1.807, 2.05) is 26.0 Å². The van der Waals surface area contributed by atoms with Crippen LogP contribution in [0, 0.1) is 0 Å². The first-order valence-electron chi connectivity index (χ1n) is 6.89. The maximum atomic E-state index is 12.2. The van der Waals surface area contributed by atoms with Gasteiger partial charge in [-0.2, -0.15) is 0 Å². The highest BCUT2D eigenvalue weighted by Gasteiger charge is 2.30. The van der Waals surface area contributed by atoms with E-state index in [-0.39, 0.29) is 24.7 Å². The molecular weight excluding hydrogens is 240 g/mol. The predicted octanol–water partition coefficient (Wildman–Crippen LogP) is 2.09. The van der Waals surface area contributed by atoms with Crippen LogP contribution >= 0.6 is 0 Å². The van der Waals surface area contributed by atoms with Crippen molar-refractivity contribution in [3.8, 4) is 0 Å². The molecule has 1 atom stereocenters. The number of nitrogens with one attached hydrogen (secondary N) is 1. The lowest BCUT2D eigenvalue weighted by molar-refractivity contribution is 0.149. The highest BCUT2D eigenvalue weighted by molar-refractivity contribution is 5.75. The number of aryl methyl sites for hydroxylation is 1. The van der Waals surface area contributed by atoms with Gasteiger partial charge in [-0.15, -0.1) is 0 Å². The lowest BCUT2D eigenvalue weighted by atomic mass is 10.1. The third-order valence-corrected chi connectivity index (χ3v) is 3.49. The van der Waals surface area contributed by atoms with Gasteiger partial charge in [0.05, 0.1) is 12.6 Å². The van der Waals surface area contributed by atoms with E-state index < -0.39 is 0 Å². The van der Waals surface area contributed by atoms with E-state index in [1.54, 1.807) is 4.90 Å². The van der Waals surface area contributed by atoms with Crippen LogP contribution in [0.4, 0.5) is 4.79 Å². The number of urea groups is 1. The van der Waals surface area contributed by atoms with Crippen molar-refractivity contribution < 1.29 is 9.90 Å². The second kappa shape index (κ2) is 6.06. The van der Waals surface area contributed by atoms with Gasteiger partial charge < -0.3 is 15.3 Å². The summed E-state index contributed by atoms with van der Waals surface area (Å²) < 4.78 is 0. The van der Waals surface area contributed by atoms with E-state index in [9.17, 15) is 9.90 Å². The summed E-state index contributed by atoms with van der Waals surface area (Å²) in [6.07, 6.45) is 1.93. The highest BCUT2D eigenvalue weighted by Crippen LogP contribution is 2.35. The number of nitrogens with zero attached hydrogens (tertiary/aromatic N) is 1. The standard InChI is InChI=1S/C15H22N2O2/c1-11(2)16-15(19)17(9-10-18)14-8-7-12-5-3-4-6-13(12)14/h3-6,11,14,18H,7-10H2,1-2H3,(H,16,19). The van der Waals surface area contributed by atoms with E-state index in [0.29, 0.717) is 6.54 Å². The molecule has 1 aliphatic rings. The second-order valence-electron chi connectivity index (χ2n) is 5.27. The van der Waals surface area contributed by atoms with Crippen molar-refractivity contribution in [3.05, 3.63) is 35.4 Å². The largest absolute Gasteiger partial charge is 0.395 e. The van der Waals surface area contributed by atoms with E-state index >= 15 is 0 Å². The lowest BCUT2D eigenvalue weighted by Gasteiger charge is -2.30. The number of aliphatic hydroxyl groups is 1. The number of fused-ring (bicyclic) bond motifs is 1. The number of hydrogen-bond donors (Lipinski definition) is 2. The van der Waals surface area contributed by atoms with Crippen molar-refractivity contribution in [2.24, 2.45) is 0 Å². The molecule has 1 unspecified atom stereocenters. The Morgan fingerprint density at radius 2 is 2.21 bits per heavy atom. The van der Waals surface area contributed by atoms with E-state index in [4.69, 9.17) is 0 Å². The van der Waals surface area contributed by atoms with Crippen molar-refractivity contribution >= 4 is 6.03 Å². The molecule has 0 saturated carbocycles. The third kappa shape index (κ3) is 3.07.